The van der Waals surface area contributed by atoms with E-state index < -0.39 is 23.8 Å². The molecule has 5 amide bonds. The largest absolute Gasteiger partial charge is 0.331 e. The van der Waals surface area contributed by atoms with Crippen LogP contribution in [0.5, 0.6) is 0 Å². The Morgan fingerprint density at radius 2 is 1.88 bits per heavy atom. The standard InChI is InChI=1S/C18H22N4O4/c1-3-4-10-14(23)21-20-12(2)15-16(24)19-18(26)22(17(15)25)11-13-8-6-5-7-9-13/h5-9,15,20H,2-4,10-11H2,1H3,(H,21,23)(H,19,24,26)/t15-/m1/s1. The average Bonchev–Trinajstić information content (AvgIpc) is 2.62. The number of carbonyl (C=O) groups is 4. The number of hydrogen-bond donors (Lipinski definition) is 3. The number of barbiturate groups is 1. The van der Waals surface area contributed by atoms with Crippen molar-refractivity contribution in [3.63, 3.8) is 0 Å². The topological polar surface area (TPSA) is 108 Å². The van der Waals surface area contributed by atoms with E-state index in [9.17, 15) is 19.2 Å². The first kappa shape index (κ1) is 19.2. The molecule has 8 heteroatoms. The highest BCUT2D eigenvalue weighted by Gasteiger charge is 2.42. The van der Waals surface area contributed by atoms with Gasteiger partial charge >= 0.3 is 6.03 Å². The van der Waals surface area contributed by atoms with Gasteiger partial charge in [-0.15, -0.1) is 0 Å². The summed E-state index contributed by atoms with van der Waals surface area (Å²) in [5.74, 6) is -3.04. The van der Waals surface area contributed by atoms with Crippen molar-refractivity contribution in [2.45, 2.75) is 32.7 Å². The van der Waals surface area contributed by atoms with Crippen molar-refractivity contribution in [3.05, 3.63) is 48.2 Å². The minimum atomic E-state index is -1.30. The molecule has 0 radical (unpaired) electrons. The maximum atomic E-state index is 12.6. The number of nitrogens with zero attached hydrogens (tertiary/aromatic N) is 1. The van der Waals surface area contributed by atoms with E-state index in [0.717, 1.165) is 23.3 Å². The first-order chi connectivity index (χ1) is 12.4. The van der Waals surface area contributed by atoms with Crippen molar-refractivity contribution >= 4 is 23.8 Å². The van der Waals surface area contributed by atoms with Crippen molar-refractivity contribution in [1.82, 2.24) is 21.1 Å². The number of benzene rings is 1. The molecule has 0 bridgehead atoms. The molecule has 2 rings (SSSR count). The van der Waals surface area contributed by atoms with E-state index in [1.54, 1.807) is 24.3 Å². The maximum absolute atomic E-state index is 12.6. The minimum absolute atomic E-state index is 0.00269. The Labute approximate surface area is 151 Å². The van der Waals surface area contributed by atoms with E-state index in [1.165, 1.54) is 0 Å². The van der Waals surface area contributed by atoms with E-state index in [4.69, 9.17) is 0 Å². The van der Waals surface area contributed by atoms with Crippen LogP contribution in [0.3, 0.4) is 0 Å². The van der Waals surface area contributed by atoms with E-state index in [2.05, 4.69) is 22.7 Å². The lowest BCUT2D eigenvalue weighted by molar-refractivity contribution is -0.141. The molecule has 1 aromatic carbocycles. The monoisotopic (exact) mass is 358 g/mol. The molecular weight excluding hydrogens is 336 g/mol. The summed E-state index contributed by atoms with van der Waals surface area (Å²) >= 11 is 0. The molecular formula is C18H22N4O4. The second-order valence-electron chi connectivity index (χ2n) is 5.94. The lowest BCUT2D eigenvalue weighted by Gasteiger charge is -2.31. The first-order valence-electron chi connectivity index (χ1n) is 8.37. The number of amides is 5. The maximum Gasteiger partial charge on any atom is 0.331 e. The summed E-state index contributed by atoms with van der Waals surface area (Å²) in [6, 6.07) is 8.16. The summed E-state index contributed by atoms with van der Waals surface area (Å²) in [6.07, 6.45) is 1.91. The number of imide groups is 2. The quantitative estimate of drug-likeness (QED) is 0.478. The Morgan fingerprint density at radius 3 is 2.54 bits per heavy atom. The Balaban J connectivity index is 2.03. The zero-order valence-electron chi connectivity index (χ0n) is 14.6. The molecule has 26 heavy (non-hydrogen) atoms. The molecule has 1 atom stereocenters. The number of hydrogen-bond acceptors (Lipinski definition) is 5. The van der Waals surface area contributed by atoms with Crippen LogP contribution in [-0.4, -0.2) is 28.7 Å². The summed E-state index contributed by atoms with van der Waals surface area (Å²) in [6.45, 7) is 5.65. The van der Waals surface area contributed by atoms with E-state index in [0.29, 0.717) is 6.42 Å². The molecule has 0 unspecified atom stereocenters. The van der Waals surface area contributed by atoms with Crippen LogP contribution in [0.4, 0.5) is 4.79 Å². The normalized spacial score (nSPS) is 16.9. The molecule has 0 spiro atoms. The third-order valence-electron chi connectivity index (χ3n) is 3.90. The number of hydrazine groups is 1. The molecule has 0 aliphatic carbocycles. The highest BCUT2D eigenvalue weighted by atomic mass is 16.2. The number of unbranched alkanes of at least 4 members (excludes halogenated alkanes) is 1. The fraction of sp³-hybridized carbons (Fsp3) is 0.333. The predicted molar refractivity (Wildman–Crippen MR) is 94.0 cm³/mol. The van der Waals surface area contributed by atoms with Gasteiger partial charge in [-0.25, -0.2) is 4.79 Å². The lowest BCUT2D eigenvalue weighted by Crippen LogP contribution is -2.59. The van der Waals surface area contributed by atoms with Gasteiger partial charge in [0.2, 0.25) is 17.7 Å². The van der Waals surface area contributed by atoms with Gasteiger partial charge in [-0.1, -0.05) is 50.3 Å². The summed E-state index contributed by atoms with van der Waals surface area (Å²) in [4.78, 5) is 49.3. The number of urea groups is 1. The van der Waals surface area contributed by atoms with Crippen LogP contribution in [0, 0.1) is 5.92 Å². The van der Waals surface area contributed by atoms with Crippen molar-refractivity contribution in [3.8, 4) is 0 Å². The number of nitrogens with one attached hydrogen (secondary N) is 3. The zero-order valence-corrected chi connectivity index (χ0v) is 14.6. The van der Waals surface area contributed by atoms with Gasteiger partial charge in [-0.2, -0.15) is 0 Å². The summed E-state index contributed by atoms with van der Waals surface area (Å²) in [7, 11) is 0. The molecule has 1 aliphatic rings. The first-order valence-corrected chi connectivity index (χ1v) is 8.37. The fourth-order valence-corrected chi connectivity index (χ4v) is 2.46. The number of rotatable bonds is 8. The number of carbonyl (C=O) groups excluding carboxylic acids is 4. The Bertz CT molecular complexity index is 717. The molecule has 3 N–H and O–H groups in total. The minimum Gasteiger partial charge on any atom is -0.302 e. The SMILES string of the molecule is C=C(NNC(=O)CCCC)[C@@H]1C(=O)NC(=O)N(Cc2ccccc2)C1=O. The van der Waals surface area contributed by atoms with E-state index >= 15 is 0 Å². The Hall–Kier alpha value is -3.16. The summed E-state index contributed by atoms with van der Waals surface area (Å²) in [5, 5.41) is 2.15. The van der Waals surface area contributed by atoms with E-state index in [-0.39, 0.29) is 18.1 Å². The van der Waals surface area contributed by atoms with Gasteiger partial charge in [0.15, 0.2) is 5.92 Å². The van der Waals surface area contributed by atoms with Gasteiger partial charge in [0.1, 0.15) is 0 Å². The Morgan fingerprint density at radius 1 is 1.19 bits per heavy atom. The van der Waals surface area contributed by atoms with Gasteiger partial charge in [-0.3, -0.25) is 30.0 Å². The van der Waals surface area contributed by atoms with Crippen LogP contribution in [0.2, 0.25) is 0 Å². The molecule has 8 nitrogen and oxygen atoms in total. The summed E-state index contributed by atoms with van der Waals surface area (Å²) < 4.78 is 0. The smallest absolute Gasteiger partial charge is 0.302 e. The van der Waals surface area contributed by atoms with Crippen molar-refractivity contribution in [2.24, 2.45) is 5.92 Å². The molecule has 1 heterocycles. The van der Waals surface area contributed by atoms with Crippen LogP contribution in [0.1, 0.15) is 31.7 Å². The van der Waals surface area contributed by atoms with E-state index in [1.807, 2.05) is 13.0 Å². The lowest BCUT2D eigenvalue weighted by atomic mass is 10.0. The van der Waals surface area contributed by atoms with Gasteiger partial charge in [0, 0.05) is 12.1 Å². The van der Waals surface area contributed by atoms with Crippen molar-refractivity contribution in [1.29, 1.82) is 0 Å². The predicted octanol–water partition coefficient (Wildman–Crippen LogP) is 1.21. The molecule has 0 aromatic heterocycles. The van der Waals surface area contributed by atoms with Gasteiger partial charge in [-0.05, 0) is 12.0 Å². The Kier molecular flexibility index (Phi) is 6.48. The second kappa shape index (κ2) is 8.80. The molecule has 1 aromatic rings. The van der Waals surface area contributed by atoms with Gasteiger partial charge in [0.25, 0.3) is 0 Å². The molecule has 0 saturated carbocycles. The average molecular weight is 358 g/mol. The zero-order chi connectivity index (χ0) is 19.1. The third-order valence-corrected chi connectivity index (χ3v) is 3.90. The fourth-order valence-electron chi connectivity index (χ4n) is 2.46. The van der Waals surface area contributed by atoms with Crippen LogP contribution in [-0.2, 0) is 20.9 Å². The summed E-state index contributed by atoms with van der Waals surface area (Å²) in [5.41, 5.74) is 5.66. The molecule has 1 saturated heterocycles. The van der Waals surface area contributed by atoms with Crippen LogP contribution in [0.15, 0.2) is 42.6 Å². The highest BCUT2D eigenvalue weighted by Crippen LogP contribution is 2.18. The van der Waals surface area contributed by atoms with Gasteiger partial charge < -0.3 is 5.43 Å². The van der Waals surface area contributed by atoms with Crippen LogP contribution in [0.25, 0.3) is 0 Å². The second-order valence-corrected chi connectivity index (χ2v) is 5.94. The van der Waals surface area contributed by atoms with Gasteiger partial charge in [0.05, 0.1) is 6.54 Å². The molecule has 138 valence electrons. The highest BCUT2D eigenvalue weighted by molar-refractivity contribution is 6.17. The molecule has 1 fully saturated rings. The van der Waals surface area contributed by atoms with Crippen molar-refractivity contribution in [2.75, 3.05) is 0 Å². The third kappa shape index (κ3) is 4.69. The van der Waals surface area contributed by atoms with Crippen LogP contribution >= 0.6 is 0 Å². The van der Waals surface area contributed by atoms with Crippen LogP contribution < -0.4 is 16.2 Å². The molecule has 1 aliphatic heterocycles. The van der Waals surface area contributed by atoms with Crippen molar-refractivity contribution < 1.29 is 19.2 Å².